The lowest BCUT2D eigenvalue weighted by molar-refractivity contribution is -0.130. The van der Waals surface area contributed by atoms with Crippen molar-refractivity contribution in [2.45, 2.75) is 12.5 Å². The van der Waals surface area contributed by atoms with Gasteiger partial charge in [0.15, 0.2) is 0 Å². The Hall–Kier alpha value is -0.480. The number of rotatable bonds is 3. The highest BCUT2D eigenvalue weighted by Crippen LogP contribution is 1.86. The van der Waals surface area contributed by atoms with Crippen LogP contribution >= 0.6 is 0 Å². The normalized spacial score (nSPS) is 13.4. The third kappa shape index (κ3) is 2.65. The second kappa shape index (κ2) is 3.51. The van der Waals surface area contributed by atoms with Gasteiger partial charge in [0.2, 0.25) is 0 Å². The van der Waals surface area contributed by atoms with E-state index in [1.807, 2.05) is 0 Å². The Labute approximate surface area is 46.8 Å². The van der Waals surface area contributed by atoms with Crippen LogP contribution in [0.5, 0.6) is 0 Å². The molecule has 0 aromatic rings. The summed E-state index contributed by atoms with van der Waals surface area (Å²) in [6.07, 6.45) is 0.218. The molecule has 0 amide bonds. The van der Waals surface area contributed by atoms with Crippen molar-refractivity contribution in [3.63, 3.8) is 0 Å². The van der Waals surface area contributed by atoms with E-state index in [0.29, 0.717) is 0 Å². The third-order valence-corrected chi connectivity index (χ3v) is 0.769. The van der Waals surface area contributed by atoms with Crippen LogP contribution in [0.4, 0.5) is 4.39 Å². The first kappa shape index (κ1) is 7.52. The van der Waals surface area contributed by atoms with Crippen LogP contribution in [0, 0.1) is 0 Å². The number of hydrogen-bond acceptors (Lipinski definition) is 3. The second-order valence-electron chi connectivity index (χ2n) is 1.49. The molecule has 0 heterocycles. The molecule has 0 aliphatic heterocycles. The standard InChI is InChI=1S/C4H9FN2O/c5-4(8)3(7)1-2-6/h3H,1-2,6-7H2/t3-/m1/s1. The largest absolute Gasteiger partial charge is 0.330 e. The smallest absolute Gasteiger partial charge is 0.318 e. The molecule has 8 heavy (non-hydrogen) atoms. The van der Waals surface area contributed by atoms with Crippen molar-refractivity contribution in [3.8, 4) is 0 Å². The predicted octanol–water partition coefficient (Wildman–Crippen LogP) is -0.841. The molecule has 0 radical (unpaired) electrons. The number of hydrogen-bond donors (Lipinski definition) is 2. The van der Waals surface area contributed by atoms with E-state index in [-0.39, 0.29) is 13.0 Å². The summed E-state index contributed by atoms with van der Waals surface area (Å²) >= 11 is 0. The molecule has 4 heteroatoms. The second-order valence-corrected chi connectivity index (χ2v) is 1.49. The van der Waals surface area contributed by atoms with Gasteiger partial charge in [-0.3, -0.25) is 4.79 Å². The van der Waals surface area contributed by atoms with Gasteiger partial charge in [-0.1, -0.05) is 0 Å². The number of carbonyl (C=O) groups is 1. The van der Waals surface area contributed by atoms with Gasteiger partial charge in [-0.05, 0) is 13.0 Å². The molecular formula is C4H9FN2O. The van der Waals surface area contributed by atoms with Crippen molar-refractivity contribution in [3.05, 3.63) is 0 Å². The number of halogens is 1. The van der Waals surface area contributed by atoms with Gasteiger partial charge >= 0.3 is 6.04 Å². The first-order valence-corrected chi connectivity index (χ1v) is 2.33. The molecule has 0 aromatic carbocycles. The van der Waals surface area contributed by atoms with Gasteiger partial charge in [0.05, 0.1) is 6.04 Å². The van der Waals surface area contributed by atoms with Gasteiger partial charge < -0.3 is 11.5 Å². The third-order valence-electron chi connectivity index (χ3n) is 0.769. The van der Waals surface area contributed by atoms with E-state index in [0.717, 1.165) is 0 Å². The van der Waals surface area contributed by atoms with Crippen LogP contribution in [0.25, 0.3) is 0 Å². The van der Waals surface area contributed by atoms with Crippen LogP contribution in [-0.2, 0) is 4.79 Å². The topological polar surface area (TPSA) is 69.1 Å². The minimum Gasteiger partial charge on any atom is -0.330 e. The van der Waals surface area contributed by atoms with E-state index >= 15 is 0 Å². The van der Waals surface area contributed by atoms with Gasteiger partial charge in [0.1, 0.15) is 0 Å². The fraction of sp³-hybridized carbons (Fsp3) is 0.750. The summed E-state index contributed by atoms with van der Waals surface area (Å²) in [6.45, 7) is 0.247. The Kier molecular flexibility index (Phi) is 3.30. The molecule has 3 nitrogen and oxygen atoms in total. The van der Waals surface area contributed by atoms with Crippen LogP contribution < -0.4 is 11.5 Å². The zero-order valence-corrected chi connectivity index (χ0v) is 4.43. The molecule has 1 atom stereocenters. The Morgan fingerprint density at radius 1 is 1.75 bits per heavy atom. The first-order valence-electron chi connectivity index (χ1n) is 2.33. The van der Waals surface area contributed by atoms with Crippen LogP contribution in [0.15, 0.2) is 0 Å². The lowest BCUT2D eigenvalue weighted by Gasteiger charge is -1.99. The molecule has 0 bridgehead atoms. The molecule has 0 spiro atoms. The van der Waals surface area contributed by atoms with E-state index in [9.17, 15) is 9.18 Å². The average Bonchev–Trinajstić information content (AvgIpc) is 1.67. The molecule has 4 N–H and O–H groups in total. The van der Waals surface area contributed by atoms with E-state index in [1.165, 1.54) is 0 Å². The molecule has 0 fully saturated rings. The SMILES string of the molecule is NCC[C@@H](N)C(=O)F. The van der Waals surface area contributed by atoms with Crippen molar-refractivity contribution in [2.75, 3.05) is 6.54 Å². The monoisotopic (exact) mass is 120 g/mol. The summed E-state index contributed by atoms with van der Waals surface area (Å²) in [7, 11) is 0. The molecule has 0 saturated heterocycles. The van der Waals surface area contributed by atoms with Crippen molar-refractivity contribution in [2.24, 2.45) is 11.5 Å². The van der Waals surface area contributed by atoms with E-state index in [4.69, 9.17) is 11.5 Å². The van der Waals surface area contributed by atoms with Crippen LogP contribution in [0.2, 0.25) is 0 Å². The minimum absolute atomic E-state index is 0.218. The molecule has 0 saturated carbocycles. The van der Waals surface area contributed by atoms with E-state index < -0.39 is 12.1 Å². The zero-order valence-electron chi connectivity index (χ0n) is 4.43. The Balaban J connectivity index is 3.32. The fourth-order valence-corrected chi connectivity index (χ4v) is 0.293. The maximum Gasteiger partial charge on any atom is 0.318 e. The highest BCUT2D eigenvalue weighted by Gasteiger charge is 2.09. The predicted molar refractivity (Wildman–Crippen MR) is 27.8 cm³/mol. The van der Waals surface area contributed by atoms with Gasteiger partial charge in [-0.15, -0.1) is 0 Å². The Morgan fingerprint density at radius 3 is 2.38 bits per heavy atom. The average molecular weight is 120 g/mol. The summed E-state index contributed by atoms with van der Waals surface area (Å²) in [5, 5.41) is 0. The summed E-state index contributed by atoms with van der Waals surface area (Å²) in [5.74, 6) is 0. The van der Waals surface area contributed by atoms with Gasteiger partial charge in [0.25, 0.3) is 0 Å². The molecule has 0 unspecified atom stereocenters. The summed E-state index contributed by atoms with van der Waals surface area (Å²) in [4.78, 5) is 9.69. The number of nitrogens with two attached hydrogens (primary N) is 2. The Bertz CT molecular complexity index is 86.1. The van der Waals surface area contributed by atoms with Crippen LogP contribution in [0.3, 0.4) is 0 Å². The van der Waals surface area contributed by atoms with Crippen molar-refractivity contribution >= 4 is 6.04 Å². The van der Waals surface area contributed by atoms with E-state index in [1.54, 1.807) is 0 Å². The summed E-state index contributed by atoms with van der Waals surface area (Å²) < 4.78 is 11.5. The molecular weight excluding hydrogens is 111 g/mol. The summed E-state index contributed by atoms with van der Waals surface area (Å²) in [5.41, 5.74) is 9.89. The highest BCUT2D eigenvalue weighted by molar-refractivity contribution is 5.73. The van der Waals surface area contributed by atoms with E-state index in [2.05, 4.69) is 0 Å². The van der Waals surface area contributed by atoms with Gasteiger partial charge in [-0.2, -0.15) is 4.39 Å². The fourth-order valence-electron chi connectivity index (χ4n) is 0.293. The lowest BCUT2D eigenvalue weighted by atomic mass is 10.2. The molecule has 0 rings (SSSR count). The highest BCUT2D eigenvalue weighted by atomic mass is 19.1. The Morgan fingerprint density at radius 2 is 2.25 bits per heavy atom. The van der Waals surface area contributed by atoms with Gasteiger partial charge in [-0.25, -0.2) is 0 Å². The van der Waals surface area contributed by atoms with Crippen LogP contribution in [0.1, 0.15) is 6.42 Å². The minimum atomic E-state index is -1.49. The molecule has 0 aromatic heterocycles. The maximum absolute atomic E-state index is 11.5. The quantitative estimate of drug-likeness (QED) is 0.477. The lowest BCUT2D eigenvalue weighted by Crippen LogP contribution is -2.29. The molecule has 0 aliphatic rings. The summed E-state index contributed by atoms with van der Waals surface area (Å²) in [6, 6.07) is -2.50. The first-order chi connectivity index (χ1) is 3.68. The molecule has 48 valence electrons. The van der Waals surface area contributed by atoms with Crippen LogP contribution in [-0.4, -0.2) is 18.6 Å². The van der Waals surface area contributed by atoms with Crippen molar-refractivity contribution < 1.29 is 9.18 Å². The zero-order chi connectivity index (χ0) is 6.57. The van der Waals surface area contributed by atoms with Gasteiger partial charge in [0, 0.05) is 0 Å². The van der Waals surface area contributed by atoms with Crippen molar-refractivity contribution in [1.82, 2.24) is 0 Å². The maximum atomic E-state index is 11.5. The van der Waals surface area contributed by atoms with Crippen molar-refractivity contribution in [1.29, 1.82) is 0 Å². The number of carbonyl (C=O) groups excluding carboxylic acids is 1. The molecule has 0 aliphatic carbocycles.